The van der Waals surface area contributed by atoms with E-state index in [1.165, 1.54) is 11.8 Å². The van der Waals surface area contributed by atoms with E-state index in [0.717, 1.165) is 16.3 Å². The molecule has 3 N–H and O–H groups in total. The second kappa shape index (κ2) is 5.63. The molecule has 1 atom stereocenters. The van der Waals surface area contributed by atoms with Crippen LogP contribution >= 0.6 is 11.8 Å². The maximum atomic E-state index is 11.8. The lowest BCUT2D eigenvalue weighted by molar-refractivity contribution is -0.118. The van der Waals surface area contributed by atoms with Crippen LogP contribution in [0.2, 0.25) is 0 Å². The van der Waals surface area contributed by atoms with Crippen LogP contribution in [0.1, 0.15) is 13.3 Å². The summed E-state index contributed by atoms with van der Waals surface area (Å²) in [5.74, 6) is -0.0452. The average Bonchev–Trinajstić information content (AvgIpc) is 2.39. The van der Waals surface area contributed by atoms with Gasteiger partial charge >= 0.3 is 0 Å². The minimum atomic E-state index is -0.0880. The Balaban J connectivity index is 2.24. The zero-order valence-electron chi connectivity index (χ0n) is 11.0. The molecule has 0 aliphatic carbocycles. The van der Waals surface area contributed by atoms with E-state index in [0.29, 0.717) is 13.0 Å². The molecule has 0 bridgehead atoms. The lowest BCUT2D eigenvalue weighted by Gasteiger charge is -2.24. The minimum absolute atomic E-state index is 0.00872. The molecule has 19 heavy (non-hydrogen) atoms. The first-order valence-corrected chi connectivity index (χ1v) is 6.99. The van der Waals surface area contributed by atoms with E-state index in [9.17, 15) is 9.59 Å². The largest absolute Gasteiger partial charge is 0.330 e. The summed E-state index contributed by atoms with van der Waals surface area (Å²) < 4.78 is 0. The molecular formula is C13H17N3O2S. The van der Waals surface area contributed by atoms with Crippen molar-refractivity contribution >= 4 is 35.0 Å². The van der Waals surface area contributed by atoms with Crippen molar-refractivity contribution in [3.63, 3.8) is 0 Å². The fourth-order valence-corrected chi connectivity index (χ4v) is 2.77. The zero-order chi connectivity index (χ0) is 14.0. The van der Waals surface area contributed by atoms with Crippen LogP contribution in [0.25, 0.3) is 0 Å². The maximum Gasteiger partial charge on any atom is 0.237 e. The molecule has 0 aromatic heterocycles. The van der Waals surface area contributed by atoms with Gasteiger partial charge in [-0.2, -0.15) is 0 Å². The standard InChI is InChI=1S/C13H17N3O2S/c1-8-13(18)15-10-7-9(3-4-11(10)19-8)16(2)12(17)5-6-14/h3-4,7-8H,5-6,14H2,1-2H3,(H,15,18). The van der Waals surface area contributed by atoms with Crippen molar-refractivity contribution in [2.45, 2.75) is 23.5 Å². The molecule has 1 aliphatic heterocycles. The minimum Gasteiger partial charge on any atom is -0.330 e. The Morgan fingerprint density at radius 2 is 2.26 bits per heavy atom. The number of fused-ring (bicyclic) bond motifs is 1. The average molecular weight is 279 g/mol. The van der Waals surface area contributed by atoms with Gasteiger partial charge in [0, 0.05) is 30.6 Å². The van der Waals surface area contributed by atoms with Gasteiger partial charge in [-0.3, -0.25) is 9.59 Å². The Morgan fingerprint density at radius 1 is 1.53 bits per heavy atom. The van der Waals surface area contributed by atoms with Gasteiger partial charge in [0.2, 0.25) is 11.8 Å². The van der Waals surface area contributed by atoms with Crippen molar-refractivity contribution in [2.24, 2.45) is 5.73 Å². The number of hydrogen-bond acceptors (Lipinski definition) is 4. The van der Waals surface area contributed by atoms with Crippen molar-refractivity contribution in [3.8, 4) is 0 Å². The second-order valence-corrected chi connectivity index (χ2v) is 5.80. The van der Waals surface area contributed by atoms with Gasteiger partial charge in [-0.05, 0) is 25.1 Å². The number of carbonyl (C=O) groups is 2. The first kappa shape index (κ1) is 13.9. The van der Waals surface area contributed by atoms with Gasteiger partial charge in [0.25, 0.3) is 0 Å². The number of rotatable bonds is 3. The van der Waals surface area contributed by atoms with E-state index in [1.54, 1.807) is 11.9 Å². The Hall–Kier alpha value is -1.53. The summed E-state index contributed by atoms with van der Waals surface area (Å²) in [6, 6.07) is 5.63. The predicted molar refractivity (Wildman–Crippen MR) is 77.5 cm³/mol. The van der Waals surface area contributed by atoms with E-state index in [2.05, 4.69) is 5.32 Å². The Kier molecular flexibility index (Phi) is 4.11. The van der Waals surface area contributed by atoms with Crippen LogP contribution in [0.4, 0.5) is 11.4 Å². The van der Waals surface area contributed by atoms with E-state index in [4.69, 9.17) is 5.73 Å². The van der Waals surface area contributed by atoms with Gasteiger partial charge in [-0.25, -0.2) is 0 Å². The lowest BCUT2D eigenvalue weighted by Crippen LogP contribution is -2.29. The molecule has 1 heterocycles. The predicted octanol–water partition coefficient (Wildman–Crippen LogP) is 1.43. The van der Waals surface area contributed by atoms with Crippen molar-refractivity contribution in [3.05, 3.63) is 18.2 Å². The molecule has 1 aliphatic rings. The molecule has 5 nitrogen and oxygen atoms in total. The molecule has 1 aromatic carbocycles. The summed E-state index contributed by atoms with van der Waals surface area (Å²) in [5.41, 5.74) is 6.90. The summed E-state index contributed by atoms with van der Waals surface area (Å²) in [5, 5.41) is 2.77. The van der Waals surface area contributed by atoms with E-state index >= 15 is 0 Å². The van der Waals surface area contributed by atoms with E-state index < -0.39 is 0 Å². The van der Waals surface area contributed by atoms with Crippen molar-refractivity contribution < 1.29 is 9.59 Å². The van der Waals surface area contributed by atoms with E-state index in [-0.39, 0.29) is 17.1 Å². The smallest absolute Gasteiger partial charge is 0.237 e. The van der Waals surface area contributed by atoms with E-state index in [1.807, 2.05) is 25.1 Å². The number of thioether (sulfide) groups is 1. The molecule has 2 amide bonds. The summed E-state index contributed by atoms with van der Waals surface area (Å²) in [6.45, 7) is 2.20. The normalized spacial score (nSPS) is 17.6. The molecule has 0 spiro atoms. The summed E-state index contributed by atoms with van der Waals surface area (Å²) >= 11 is 1.52. The highest BCUT2D eigenvalue weighted by Crippen LogP contribution is 2.37. The number of nitrogens with one attached hydrogen (secondary N) is 1. The summed E-state index contributed by atoms with van der Waals surface area (Å²) in [6.07, 6.45) is 0.311. The number of benzene rings is 1. The highest BCUT2D eigenvalue weighted by Gasteiger charge is 2.23. The molecule has 102 valence electrons. The third-order valence-electron chi connectivity index (χ3n) is 3.01. The molecule has 2 rings (SSSR count). The summed E-state index contributed by atoms with van der Waals surface area (Å²) in [4.78, 5) is 26.0. The fourth-order valence-electron chi connectivity index (χ4n) is 1.84. The second-order valence-electron chi connectivity index (χ2n) is 4.42. The molecule has 1 unspecified atom stereocenters. The third kappa shape index (κ3) is 2.90. The summed E-state index contributed by atoms with van der Waals surface area (Å²) in [7, 11) is 1.71. The highest BCUT2D eigenvalue weighted by molar-refractivity contribution is 8.00. The van der Waals surface area contributed by atoms with Crippen LogP contribution in [0.3, 0.4) is 0 Å². The van der Waals surface area contributed by atoms with Crippen molar-refractivity contribution in [2.75, 3.05) is 23.8 Å². The third-order valence-corrected chi connectivity index (χ3v) is 4.19. The molecule has 0 saturated carbocycles. The Morgan fingerprint density at radius 3 is 2.95 bits per heavy atom. The molecule has 6 heteroatoms. The number of anilines is 2. The zero-order valence-corrected chi connectivity index (χ0v) is 11.8. The van der Waals surface area contributed by atoms with Crippen molar-refractivity contribution in [1.29, 1.82) is 0 Å². The molecular weight excluding hydrogens is 262 g/mol. The van der Waals surface area contributed by atoms with Gasteiger partial charge in [0.05, 0.1) is 10.9 Å². The van der Waals surface area contributed by atoms with Gasteiger partial charge in [0.1, 0.15) is 0 Å². The quantitative estimate of drug-likeness (QED) is 0.877. The number of amides is 2. The molecule has 0 fully saturated rings. The van der Waals surface area contributed by atoms with Crippen LogP contribution < -0.4 is 16.0 Å². The van der Waals surface area contributed by atoms with Crippen molar-refractivity contribution in [1.82, 2.24) is 0 Å². The van der Waals surface area contributed by atoms with Crippen LogP contribution in [0.15, 0.2) is 23.1 Å². The van der Waals surface area contributed by atoms with Gasteiger partial charge < -0.3 is 16.0 Å². The topological polar surface area (TPSA) is 75.4 Å². The van der Waals surface area contributed by atoms with Crippen LogP contribution in [0, 0.1) is 0 Å². The fraction of sp³-hybridized carbons (Fsp3) is 0.385. The SMILES string of the molecule is CC1Sc2ccc(N(C)C(=O)CCN)cc2NC1=O. The number of nitrogens with zero attached hydrogens (tertiary/aromatic N) is 1. The first-order valence-electron chi connectivity index (χ1n) is 6.11. The Labute approximate surface area is 116 Å². The molecule has 0 saturated heterocycles. The van der Waals surface area contributed by atoms with Gasteiger partial charge in [-0.15, -0.1) is 11.8 Å². The highest BCUT2D eigenvalue weighted by atomic mass is 32.2. The maximum absolute atomic E-state index is 11.8. The van der Waals surface area contributed by atoms with Gasteiger partial charge in [-0.1, -0.05) is 0 Å². The Bertz CT molecular complexity index is 519. The monoisotopic (exact) mass is 279 g/mol. The first-order chi connectivity index (χ1) is 9.02. The van der Waals surface area contributed by atoms with Crippen LogP contribution in [-0.4, -0.2) is 30.7 Å². The number of hydrogen-bond donors (Lipinski definition) is 2. The van der Waals surface area contributed by atoms with Crippen LogP contribution in [-0.2, 0) is 9.59 Å². The molecule has 1 aromatic rings. The molecule has 0 radical (unpaired) electrons. The lowest BCUT2D eigenvalue weighted by atomic mass is 10.2. The van der Waals surface area contributed by atoms with Crippen LogP contribution in [0.5, 0.6) is 0 Å². The van der Waals surface area contributed by atoms with Gasteiger partial charge in [0.15, 0.2) is 0 Å². The number of carbonyl (C=O) groups excluding carboxylic acids is 2. The number of nitrogens with two attached hydrogens (primary N) is 1.